The van der Waals surface area contributed by atoms with Crippen LogP contribution in [0.5, 0.6) is 0 Å². The maximum Gasteiger partial charge on any atom is 0.0702 e. The van der Waals surface area contributed by atoms with Crippen LogP contribution in [0.1, 0.15) is 38.1 Å². The van der Waals surface area contributed by atoms with Crippen LogP contribution in [0.2, 0.25) is 0 Å². The van der Waals surface area contributed by atoms with Crippen molar-refractivity contribution in [3.63, 3.8) is 0 Å². The molecule has 110 valence electrons. The van der Waals surface area contributed by atoms with E-state index < -0.39 is 0 Å². The highest BCUT2D eigenvalue weighted by atomic mass is 79.9. The van der Waals surface area contributed by atoms with Crippen molar-refractivity contribution in [3.05, 3.63) is 20.8 Å². The molecule has 0 radical (unpaired) electrons. The van der Waals surface area contributed by atoms with Crippen molar-refractivity contribution >= 4 is 27.3 Å². The first-order chi connectivity index (χ1) is 9.13. The number of rotatable bonds is 9. The summed E-state index contributed by atoms with van der Waals surface area (Å²) in [5.74, 6) is 0. The molecule has 0 bridgehead atoms. The van der Waals surface area contributed by atoms with Gasteiger partial charge in [-0.1, -0.05) is 13.8 Å². The Morgan fingerprint density at radius 3 is 2.58 bits per heavy atom. The number of ether oxygens (including phenoxy) is 1. The Hall–Kier alpha value is 0.0600. The SMILES string of the molecule is CCOCCN(CC)C(c1ccc(Br)s1)C(N)CC. The predicted molar refractivity (Wildman–Crippen MR) is 86.8 cm³/mol. The Morgan fingerprint density at radius 2 is 2.11 bits per heavy atom. The molecule has 0 aromatic carbocycles. The lowest BCUT2D eigenvalue weighted by Gasteiger charge is -2.33. The first kappa shape index (κ1) is 17.1. The van der Waals surface area contributed by atoms with Crippen LogP contribution in [0.25, 0.3) is 0 Å². The van der Waals surface area contributed by atoms with Crippen LogP contribution in [0, 0.1) is 0 Å². The van der Waals surface area contributed by atoms with Gasteiger partial charge in [0.15, 0.2) is 0 Å². The molecule has 0 amide bonds. The van der Waals surface area contributed by atoms with E-state index in [1.807, 2.05) is 6.92 Å². The number of likely N-dealkylation sites (N-methyl/N-ethyl adjacent to an activating group) is 1. The molecule has 0 spiro atoms. The number of nitrogens with zero attached hydrogens (tertiary/aromatic N) is 1. The van der Waals surface area contributed by atoms with Crippen molar-refractivity contribution < 1.29 is 4.74 Å². The second kappa shape index (κ2) is 9.08. The zero-order chi connectivity index (χ0) is 14.3. The summed E-state index contributed by atoms with van der Waals surface area (Å²) in [6.07, 6.45) is 0.978. The van der Waals surface area contributed by atoms with Gasteiger partial charge in [0.1, 0.15) is 0 Å². The fourth-order valence-electron chi connectivity index (χ4n) is 2.19. The van der Waals surface area contributed by atoms with Crippen molar-refractivity contribution in [2.75, 3.05) is 26.3 Å². The molecule has 0 aliphatic carbocycles. The predicted octanol–water partition coefficient (Wildman–Crippen LogP) is 3.65. The third kappa shape index (κ3) is 5.16. The molecular formula is C14H25BrN2OS. The van der Waals surface area contributed by atoms with E-state index in [9.17, 15) is 0 Å². The quantitative estimate of drug-likeness (QED) is 0.692. The van der Waals surface area contributed by atoms with Crippen LogP contribution in [0.3, 0.4) is 0 Å². The van der Waals surface area contributed by atoms with Crippen LogP contribution >= 0.6 is 27.3 Å². The summed E-state index contributed by atoms with van der Waals surface area (Å²) < 4.78 is 6.65. The van der Waals surface area contributed by atoms with Gasteiger partial charge in [-0.2, -0.15) is 0 Å². The minimum absolute atomic E-state index is 0.159. The maximum atomic E-state index is 6.35. The fourth-order valence-corrected chi connectivity index (χ4v) is 3.83. The minimum atomic E-state index is 0.159. The van der Waals surface area contributed by atoms with Gasteiger partial charge in [-0.15, -0.1) is 11.3 Å². The molecule has 19 heavy (non-hydrogen) atoms. The summed E-state index contributed by atoms with van der Waals surface area (Å²) in [6.45, 7) is 9.82. The lowest BCUT2D eigenvalue weighted by Crippen LogP contribution is -2.42. The molecule has 0 aliphatic heterocycles. The molecule has 3 nitrogen and oxygen atoms in total. The van der Waals surface area contributed by atoms with Crippen molar-refractivity contribution in [2.24, 2.45) is 5.73 Å². The first-order valence-electron chi connectivity index (χ1n) is 6.96. The van der Waals surface area contributed by atoms with E-state index in [0.29, 0.717) is 0 Å². The second-order valence-corrected chi connectivity index (χ2v) is 6.98. The molecule has 0 saturated carbocycles. The maximum absolute atomic E-state index is 6.35. The van der Waals surface area contributed by atoms with E-state index in [-0.39, 0.29) is 12.1 Å². The number of nitrogens with two attached hydrogens (primary N) is 1. The van der Waals surface area contributed by atoms with Gasteiger partial charge in [0.25, 0.3) is 0 Å². The summed E-state index contributed by atoms with van der Waals surface area (Å²) in [5.41, 5.74) is 6.35. The summed E-state index contributed by atoms with van der Waals surface area (Å²) in [5, 5.41) is 0. The third-order valence-corrected chi connectivity index (χ3v) is 4.98. The molecule has 2 atom stereocenters. The highest BCUT2D eigenvalue weighted by Gasteiger charge is 2.25. The number of halogens is 1. The van der Waals surface area contributed by atoms with E-state index >= 15 is 0 Å². The van der Waals surface area contributed by atoms with Gasteiger partial charge in [0.05, 0.1) is 16.4 Å². The summed E-state index contributed by atoms with van der Waals surface area (Å²) in [4.78, 5) is 3.75. The first-order valence-corrected chi connectivity index (χ1v) is 8.57. The average Bonchev–Trinajstić information content (AvgIpc) is 2.83. The van der Waals surface area contributed by atoms with E-state index in [0.717, 1.165) is 36.5 Å². The van der Waals surface area contributed by atoms with Crippen molar-refractivity contribution in [3.8, 4) is 0 Å². The average molecular weight is 349 g/mol. The van der Waals surface area contributed by atoms with Gasteiger partial charge in [-0.05, 0) is 48.0 Å². The minimum Gasteiger partial charge on any atom is -0.380 e. The Bertz CT molecular complexity index is 359. The van der Waals surface area contributed by atoms with E-state index in [1.165, 1.54) is 4.88 Å². The Balaban J connectivity index is 2.81. The summed E-state index contributed by atoms with van der Waals surface area (Å²) in [7, 11) is 0. The lowest BCUT2D eigenvalue weighted by atomic mass is 10.0. The van der Waals surface area contributed by atoms with Crippen LogP contribution in [-0.4, -0.2) is 37.2 Å². The molecule has 1 rings (SSSR count). The summed E-state index contributed by atoms with van der Waals surface area (Å²) >= 11 is 5.32. The van der Waals surface area contributed by atoms with Crippen molar-refractivity contribution in [1.82, 2.24) is 4.90 Å². The molecule has 1 aromatic heterocycles. The molecule has 0 saturated heterocycles. The van der Waals surface area contributed by atoms with Gasteiger partial charge >= 0.3 is 0 Å². The zero-order valence-corrected chi connectivity index (χ0v) is 14.5. The standard InChI is InChI=1S/C14H25BrN2OS/c1-4-11(16)14(12-7-8-13(15)19-12)17(5-2)9-10-18-6-3/h7-8,11,14H,4-6,9-10,16H2,1-3H3. The largest absolute Gasteiger partial charge is 0.380 e. The Morgan fingerprint density at radius 1 is 1.37 bits per heavy atom. The van der Waals surface area contributed by atoms with Gasteiger partial charge in [0, 0.05) is 24.1 Å². The summed E-state index contributed by atoms with van der Waals surface area (Å²) in [6, 6.07) is 4.73. The number of hydrogen-bond acceptors (Lipinski definition) is 4. The normalized spacial score (nSPS) is 14.8. The Kier molecular flexibility index (Phi) is 8.18. The zero-order valence-electron chi connectivity index (χ0n) is 12.1. The van der Waals surface area contributed by atoms with Gasteiger partial charge in [-0.25, -0.2) is 0 Å². The molecule has 5 heteroatoms. The van der Waals surface area contributed by atoms with Crippen LogP contribution in [-0.2, 0) is 4.74 Å². The molecule has 2 N–H and O–H groups in total. The topological polar surface area (TPSA) is 38.5 Å². The van der Waals surface area contributed by atoms with Gasteiger partial charge in [0.2, 0.25) is 0 Å². The molecule has 1 heterocycles. The van der Waals surface area contributed by atoms with Gasteiger partial charge < -0.3 is 10.5 Å². The van der Waals surface area contributed by atoms with Crippen LogP contribution in [0.4, 0.5) is 0 Å². The van der Waals surface area contributed by atoms with Crippen LogP contribution in [0.15, 0.2) is 15.9 Å². The van der Waals surface area contributed by atoms with Crippen LogP contribution < -0.4 is 5.73 Å². The molecule has 0 aliphatic rings. The smallest absolute Gasteiger partial charge is 0.0702 e. The second-order valence-electron chi connectivity index (χ2n) is 4.48. The number of hydrogen-bond donors (Lipinski definition) is 1. The highest BCUT2D eigenvalue weighted by Crippen LogP contribution is 2.33. The fraction of sp³-hybridized carbons (Fsp3) is 0.714. The van der Waals surface area contributed by atoms with E-state index in [2.05, 4.69) is 46.8 Å². The lowest BCUT2D eigenvalue weighted by molar-refractivity contribution is 0.0898. The van der Waals surface area contributed by atoms with Gasteiger partial charge in [-0.3, -0.25) is 4.90 Å². The van der Waals surface area contributed by atoms with E-state index in [1.54, 1.807) is 11.3 Å². The third-order valence-electron chi connectivity index (χ3n) is 3.29. The Labute approximate surface area is 129 Å². The van der Waals surface area contributed by atoms with Crippen molar-refractivity contribution in [1.29, 1.82) is 0 Å². The molecule has 2 unspecified atom stereocenters. The monoisotopic (exact) mass is 348 g/mol. The number of thiophene rings is 1. The van der Waals surface area contributed by atoms with E-state index in [4.69, 9.17) is 10.5 Å². The molecule has 1 aromatic rings. The molecule has 0 fully saturated rings. The van der Waals surface area contributed by atoms with Crippen molar-refractivity contribution in [2.45, 2.75) is 39.3 Å². The highest BCUT2D eigenvalue weighted by molar-refractivity contribution is 9.11. The molecular weight excluding hydrogens is 324 g/mol.